The standard InChI is InChI=1S/C20H32N4O3/c1-15-6-5-11-24(14-15)19(25)9-10-22-20(21-2)23-13-16-7-8-17(26-3)18(12-16)27-4/h7-8,12,15H,5-6,9-11,13-14H2,1-4H3,(H2,21,22,23). The van der Waals surface area contributed by atoms with Crippen molar-refractivity contribution in [2.75, 3.05) is 40.9 Å². The molecule has 2 N–H and O–H groups in total. The normalized spacial score (nSPS) is 17.4. The number of aliphatic imine (C=N–C) groups is 1. The summed E-state index contributed by atoms with van der Waals surface area (Å²) in [6.07, 6.45) is 2.80. The van der Waals surface area contributed by atoms with Crippen molar-refractivity contribution in [3.8, 4) is 11.5 Å². The number of nitrogens with one attached hydrogen (secondary N) is 2. The maximum absolute atomic E-state index is 12.3. The minimum absolute atomic E-state index is 0.212. The summed E-state index contributed by atoms with van der Waals surface area (Å²) in [5, 5.41) is 6.46. The van der Waals surface area contributed by atoms with E-state index >= 15 is 0 Å². The fraction of sp³-hybridized carbons (Fsp3) is 0.600. The van der Waals surface area contributed by atoms with Crippen LogP contribution in [0.3, 0.4) is 0 Å². The number of rotatable bonds is 7. The lowest BCUT2D eigenvalue weighted by Crippen LogP contribution is -2.42. The molecule has 0 bridgehead atoms. The second-order valence-electron chi connectivity index (χ2n) is 6.88. The van der Waals surface area contributed by atoms with Gasteiger partial charge in [0.15, 0.2) is 17.5 Å². The van der Waals surface area contributed by atoms with Crippen molar-refractivity contribution < 1.29 is 14.3 Å². The number of hydrogen-bond acceptors (Lipinski definition) is 4. The molecule has 27 heavy (non-hydrogen) atoms. The van der Waals surface area contributed by atoms with E-state index in [1.54, 1.807) is 21.3 Å². The van der Waals surface area contributed by atoms with E-state index in [1.165, 1.54) is 6.42 Å². The van der Waals surface area contributed by atoms with Gasteiger partial charge in [0.1, 0.15) is 0 Å². The van der Waals surface area contributed by atoms with E-state index in [2.05, 4.69) is 22.5 Å². The van der Waals surface area contributed by atoms with Crippen LogP contribution in [-0.4, -0.2) is 57.7 Å². The van der Waals surface area contributed by atoms with Gasteiger partial charge in [-0.25, -0.2) is 0 Å². The SMILES string of the molecule is CN=C(NCCC(=O)N1CCCC(C)C1)NCc1ccc(OC)c(OC)c1. The Morgan fingerprint density at radius 1 is 1.26 bits per heavy atom. The summed E-state index contributed by atoms with van der Waals surface area (Å²) < 4.78 is 10.6. The van der Waals surface area contributed by atoms with Crippen molar-refractivity contribution in [2.45, 2.75) is 32.7 Å². The minimum Gasteiger partial charge on any atom is -0.493 e. The number of ether oxygens (including phenoxy) is 2. The molecule has 1 unspecified atom stereocenters. The lowest BCUT2D eigenvalue weighted by atomic mass is 10.00. The van der Waals surface area contributed by atoms with Crippen LogP contribution in [0.5, 0.6) is 11.5 Å². The number of carbonyl (C=O) groups is 1. The Hall–Kier alpha value is -2.44. The fourth-order valence-corrected chi connectivity index (χ4v) is 3.26. The van der Waals surface area contributed by atoms with Crippen molar-refractivity contribution in [2.24, 2.45) is 10.9 Å². The van der Waals surface area contributed by atoms with Crippen LogP contribution in [0.1, 0.15) is 31.7 Å². The highest BCUT2D eigenvalue weighted by Crippen LogP contribution is 2.27. The van der Waals surface area contributed by atoms with Gasteiger partial charge < -0.3 is 25.0 Å². The zero-order valence-electron chi connectivity index (χ0n) is 16.9. The number of likely N-dealkylation sites (tertiary alicyclic amines) is 1. The van der Waals surface area contributed by atoms with E-state index in [9.17, 15) is 4.79 Å². The summed E-state index contributed by atoms with van der Waals surface area (Å²) in [7, 11) is 4.96. The summed E-state index contributed by atoms with van der Waals surface area (Å²) in [4.78, 5) is 18.5. The molecule has 7 nitrogen and oxygen atoms in total. The first-order valence-corrected chi connectivity index (χ1v) is 9.50. The first-order chi connectivity index (χ1) is 13.1. The number of nitrogens with zero attached hydrogens (tertiary/aromatic N) is 2. The lowest BCUT2D eigenvalue weighted by Gasteiger charge is -2.31. The molecule has 0 saturated carbocycles. The van der Waals surface area contributed by atoms with Crippen LogP contribution < -0.4 is 20.1 Å². The molecule has 0 aromatic heterocycles. The molecule has 1 amide bonds. The van der Waals surface area contributed by atoms with Gasteiger partial charge in [0, 0.05) is 39.6 Å². The molecular weight excluding hydrogens is 344 g/mol. The third-order valence-corrected chi connectivity index (χ3v) is 4.77. The molecule has 2 rings (SSSR count). The van der Waals surface area contributed by atoms with Crippen molar-refractivity contribution in [1.29, 1.82) is 0 Å². The third kappa shape index (κ3) is 6.34. The second kappa shape index (κ2) is 10.6. The number of guanidine groups is 1. The predicted molar refractivity (Wildman–Crippen MR) is 107 cm³/mol. The molecular formula is C20H32N4O3. The molecule has 1 saturated heterocycles. The Labute approximate surface area is 162 Å². The molecule has 0 aliphatic carbocycles. The highest BCUT2D eigenvalue weighted by atomic mass is 16.5. The van der Waals surface area contributed by atoms with Crippen molar-refractivity contribution in [3.05, 3.63) is 23.8 Å². The number of methoxy groups -OCH3 is 2. The topological polar surface area (TPSA) is 75.2 Å². The first kappa shape index (κ1) is 20.9. The van der Waals surface area contributed by atoms with Crippen molar-refractivity contribution >= 4 is 11.9 Å². The Balaban J connectivity index is 1.76. The van der Waals surface area contributed by atoms with Crippen molar-refractivity contribution in [1.82, 2.24) is 15.5 Å². The van der Waals surface area contributed by atoms with Gasteiger partial charge >= 0.3 is 0 Å². The number of carbonyl (C=O) groups excluding carboxylic acids is 1. The molecule has 1 aromatic rings. The van der Waals surface area contributed by atoms with Gasteiger partial charge in [-0.05, 0) is 36.5 Å². The maximum atomic E-state index is 12.3. The van der Waals surface area contributed by atoms with Crippen LogP contribution in [0.15, 0.2) is 23.2 Å². The zero-order valence-corrected chi connectivity index (χ0v) is 16.9. The Kier molecular flexibility index (Phi) is 8.23. The molecule has 0 spiro atoms. The van der Waals surface area contributed by atoms with Crippen LogP contribution in [0, 0.1) is 5.92 Å². The van der Waals surface area contributed by atoms with Crippen LogP contribution in [0.2, 0.25) is 0 Å². The summed E-state index contributed by atoms with van der Waals surface area (Å²) in [5.74, 6) is 2.89. The van der Waals surface area contributed by atoms with Crippen molar-refractivity contribution in [3.63, 3.8) is 0 Å². The van der Waals surface area contributed by atoms with Gasteiger partial charge in [-0.3, -0.25) is 9.79 Å². The molecule has 150 valence electrons. The molecule has 0 radical (unpaired) electrons. The van der Waals surface area contributed by atoms with E-state index in [1.807, 2.05) is 23.1 Å². The molecule has 1 aliphatic heterocycles. The number of hydrogen-bond donors (Lipinski definition) is 2. The van der Waals surface area contributed by atoms with Gasteiger partial charge in [0.05, 0.1) is 14.2 Å². The Bertz CT molecular complexity index is 648. The third-order valence-electron chi connectivity index (χ3n) is 4.77. The van der Waals surface area contributed by atoms with Crippen LogP contribution in [-0.2, 0) is 11.3 Å². The highest BCUT2D eigenvalue weighted by Gasteiger charge is 2.20. The number of piperidine rings is 1. The molecule has 1 aliphatic rings. The molecule has 1 heterocycles. The van der Waals surface area contributed by atoms with Gasteiger partial charge in [-0.15, -0.1) is 0 Å². The van der Waals surface area contributed by atoms with Gasteiger partial charge in [-0.2, -0.15) is 0 Å². The summed E-state index contributed by atoms with van der Waals surface area (Å²) in [5.41, 5.74) is 1.05. The van der Waals surface area contributed by atoms with E-state index in [-0.39, 0.29) is 5.91 Å². The van der Waals surface area contributed by atoms with E-state index < -0.39 is 0 Å². The van der Waals surface area contributed by atoms with E-state index in [0.717, 1.165) is 25.1 Å². The average molecular weight is 377 g/mol. The van der Waals surface area contributed by atoms with Gasteiger partial charge in [0.2, 0.25) is 5.91 Å². The zero-order chi connectivity index (χ0) is 19.6. The van der Waals surface area contributed by atoms with Gasteiger partial charge in [-0.1, -0.05) is 13.0 Å². The lowest BCUT2D eigenvalue weighted by molar-refractivity contribution is -0.132. The summed E-state index contributed by atoms with van der Waals surface area (Å²) >= 11 is 0. The minimum atomic E-state index is 0.212. The number of benzene rings is 1. The van der Waals surface area contributed by atoms with Crippen LogP contribution in [0.25, 0.3) is 0 Å². The monoisotopic (exact) mass is 376 g/mol. The summed E-state index contributed by atoms with van der Waals surface area (Å²) in [6.45, 7) is 5.13. The Morgan fingerprint density at radius 2 is 2.04 bits per heavy atom. The fourth-order valence-electron chi connectivity index (χ4n) is 3.26. The predicted octanol–water partition coefficient (Wildman–Crippen LogP) is 2.02. The molecule has 1 atom stereocenters. The van der Waals surface area contributed by atoms with Crippen LogP contribution in [0.4, 0.5) is 0 Å². The van der Waals surface area contributed by atoms with E-state index in [4.69, 9.17) is 9.47 Å². The second-order valence-corrected chi connectivity index (χ2v) is 6.88. The smallest absolute Gasteiger partial charge is 0.224 e. The largest absolute Gasteiger partial charge is 0.493 e. The quantitative estimate of drug-likeness (QED) is 0.562. The number of amides is 1. The average Bonchev–Trinajstić information content (AvgIpc) is 2.70. The van der Waals surface area contributed by atoms with Crippen LogP contribution >= 0.6 is 0 Å². The van der Waals surface area contributed by atoms with E-state index in [0.29, 0.717) is 42.9 Å². The highest BCUT2D eigenvalue weighted by molar-refractivity contribution is 5.81. The first-order valence-electron chi connectivity index (χ1n) is 9.50. The molecule has 7 heteroatoms. The van der Waals surface area contributed by atoms with Gasteiger partial charge in [0.25, 0.3) is 0 Å². The Morgan fingerprint density at radius 3 is 2.70 bits per heavy atom. The maximum Gasteiger partial charge on any atom is 0.224 e. The molecule has 1 fully saturated rings. The summed E-state index contributed by atoms with van der Waals surface area (Å²) in [6, 6.07) is 5.78. The molecule has 1 aromatic carbocycles.